The Morgan fingerprint density at radius 2 is 1.93 bits per heavy atom. The Kier molecular flexibility index (Phi) is 5.80. The first-order valence-corrected chi connectivity index (χ1v) is 10.5. The summed E-state index contributed by atoms with van der Waals surface area (Å²) in [5, 5.41) is 8.82. The number of aryl methyl sites for hydroxylation is 1. The minimum absolute atomic E-state index is 0.0304. The van der Waals surface area contributed by atoms with Crippen molar-refractivity contribution >= 4 is 23.4 Å². The van der Waals surface area contributed by atoms with Crippen LogP contribution in [-0.4, -0.2) is 47.3 Å². The predicted molar refractivity (Wildman–Crippen MR) is 117 cm³/mol. The molecule has 0 bridgehead atoms. The van der Waals surface area contributed by atoms with Crippen LogP contribution in [0.25, 0.3) is 11.4 Å². The molecule has 2 heterocycles. The van der Waals surface area contributed by atoms with Crippen LogP contribution in [0.4, 0.5) is 5.69 Å². The summed E-state index contributed by atoms with van der Waals surface area (Å²) in [5.41, 5.74) is 2.94. The average molecular weight is 426 g/mol. The molecule has 3 aromatic rings. The van der Waals surface area contributed by atoms with Crippen molar-refractivity contribution in [2.75, 3.05) is 37.3 Å². The van der Waals surface area contributed by atoms with Gasteiger partial charge in [0.05, 0.1) is 20.0 Å². The molecule has 2 aromatic carbocycles. The summed E-state index contributed by atoms with van der Waals surface area (Å²) in [6.45, 7) is 0.725. The molecule has 2 N–H and O–H groups in total. The molecule has 0 radical (unpaired) electrons. The molecule has 0 spiro atoms. The van der Waals surface area contributed by atoms with Gasteiger partial charge in [0.1, 0.15) is 0 Å². The number of benzene rings is 2. The summed E-state index contributed by atoms with van der Waals surface area (Å²) in [7, 11) is 3.15. The predicted octanol–water partition coefficient (Wildman–Crippen LogP) is 2.75. The van der Waals surface area contributed by atoms with E-state index in [-0.39, 0.29) is 11.7 Å². The number of methoxy groups -OCH3 is 2. The van der Waals surface area contributed by atoms with Crippen molar-refractivity contribution in [2.24, 2.45) is 0 Å². The normalized spacial score (nSPS) is 13.1. The van der Waals surface area contributed by atoms with E-state index in [1.807, 2.05) is 29.2 Å². The molecular weight excluding hydrogens is 402 g/mol. The highest BCUT2D eigenvalue weighted by Gasteiger charge is 2.23. The zero-order chi connectivity index (χ0) is 21.1. The van der Waals surface area contributed by atoms with Crippen LogP contribution in [0, 0.1) is 0 Å². The first-order chi connectivity index (χ1) is 14.6. The van der Waals surface area contributed by atoms with Gasteiger partial charge in [-0.3, -0.25) is 4.79 Å². The summed E-state index contributed by atoms with van der Waals surface area (Å²) in [6, 6.07) is 13.4. The van der Waals surface area contributed by atoms with Crippen LogP contribution in [0.5, 0.6) is 11.5 Å². The molecule has 1 aliphatic rings. The van der Waals surface area contributed by atoms with Gasteiger partial charge in [0.15, 0.2) is 17.3 Å². The molecular formula is C21H23N5O3S. The number of amides is 1. The lowest BCUT2D eigenvalue weighted by Gasteiger charge is -2.29. The molecule has 0 aliphatic carbocycles. The van der Waals surface area contributed by atoms with Crippen LogP contribution >= 0.6 is 11.8 Å². The van der Waals surface area contributed by atoms with Gasteiger partial charge in [-0.1, -0.05) is 30.0 Å². The van der Waals surface area contributed by atoms with Crippen molar-refractivity contribution in [3.63, 3.8) is 0 Å². The molecule has 0 fully saturated rings. The number of para-hydroxylation sites is 1. The summed E-state index contributed by atoms with van der Waals surface area (Å²) >= 11 is 1.27. The average Bonchev–Trinajstić information content (AvgIpc) is 3.16. The van der Waals surface area contributed by atoms with Gasteiger partial charge < -0.3 is 20.2 Å². The van der Waals surface area contributed by atoms with E-state index in [4.69, 9.17) is 15.3 Å². The highest BCUT2D eigenvalue weighted by Crippen LogP contribution is 2.32. The Morgan fingerprint density at radius 3 is 2.73 bits per heavy atom. The molecule has 1 amide bonds. The second-order valence-corrected chi connectivity index (χ2v) is 7.75. The van der Waals surface area contributed by atoms with E-state index in [1.54, 1.807) is 26.4 Å². The number of ether oxygens (including phenoxy) is 2. The highest BCUT2D eigenvalue weighted by molar-refractivity contribution is 7.99. The number of anilines is 1. The van der Waals surface area contributed by atoms with Gasteiger partial charge in [-0.05, 0) is 42.7 Å². The van der Waals surface area contributed by atoms with E-state index in [0.29, 0.717) is 22.5 Å². The summed E-state index contributed by atoms with van der Waals surface area (Å²) in [5.74, 6) is 8.15. The van der Waals surface area contributed by atoms with Gasteiger partial charge in [0.2, 0.25) is 11.1 Å². The Balaban J connectivity index is 1.49. The quantitative estimate of drug-likeness (QED) is 0.479. The lowest BCUT2D eigenvalue weighted by Crippen LogP contribution is -2.36. The molecule has 8 nitrogen and oxygen atoms in total. The van der Waals surface area contributed by atoms with Crippen molar-refractivity contribution in [1.29, 1.82) is 0 Å². The molecule has 4 rings (SSSR count). The first-order valence-electron chi connectivity index (χ1n) is 9.56. The molecule has 30 heavy (non-hydrogen) atoms. The number of hydrogen-bond donors (Lipinski definition) is 1. The maximum Gasteiger partial charge on any atom is 0.237 e. The Hall–Kier alpha value is -3.20. The standard InChI is InChI=1S/C21H23N5O3S/c1-28-17-10-9-15(12-18(17)29-2)20-23-24-21(26(20)22)30-13-19(27)25-11-5-7-14-6-3-4-8-16(14)25/h3-4,6,8-10,12H,5,7,11,13,22H2,1-2H3. The van der Waals surface area contributed by atoms with E-state index < -0.39 is 0 Å². The molecule has 1 aromatic heterocycles. The van der Waals surface area contributed by atoms with Gasteiger partial charge in [-0.15, -0.1) is 10.2 Å². The lowest BCUT2D eigenvalue weighted by molar-refractivity contribution is -0.116. The van der Waals surface area contributed by atoms with Crippen molar-refractivity contribution in [3.05, 3.63) is 48.0 Å². The van der Waals surface area contributed by atoms with Crippen LogP contribution < -0.4 is 20.2 Å². The smallest absolute Gasteiger partial charge is 0.237 e. The lowest BCUT2D eigenvalue weighted by atomic mass is 10.0. The number of fused-ring (bicyclic) bond motifs is 1. The van der Waals surface area contributed by atoms with Crippen molar-refractivity contribution < 1.29 is 14.3 Å². The fourth-order valence-corrected chi connectivity index (χ4v) is 4.28. The van der Waals surface area contributed by atoms with E-state index in [0.717, 1.165) is 30.6 Å². The van der Waals surface area contributed by atoms with Crippen molar-refractivity contribution in [3.8, 4) is 22.9 Å². The van der Waals surface area contributed by atoms with Crippen LogP contribution in [0.15, 0.2) is 47.6 Å². The van der Waals surface area contributed by atoms with E-state index >= 15 is 0 Å². The molecule has 9 heteroatoms. The highest BCUT2D eigenvalue weighted by atomic mass is 32.2. The molecule has 0 saturated heterocycles. The number of rotatable bonds is 6. The number of nitrogens with two attached hydrogens (primary N) is 1. The van der Waals surface area contributed by atoms with Gasteiger partial charge >= 0.3 is 0 Å². The van der Waals surface area contributed by atoms with Crippen LogP contribution in [0.1, 0.15) is 12.0 Å². The number of nitrogen functional groups attached to an aromatic ring is 1. The Morgan fingerprint density at radius 1 is 1.13 bits per heavy atom. The minimum atomic E-state index is 0.0304. The summed E-state index contributed by atoms with van der Waals surface area (Å²) < 4.78 is 12.0. The van der Waals surface area contributed by atoms with Crippen molar-refractivity contribution in [2.45, 2.75) is 18.0 Å². The third-order valence-electron chi connectivity index (χ3n) is 5.04. The van der Waals surface area contributed by atoms with E-state index in [9.17, 15) is 4.79 Å². The SMILES string of the molecule is COc1ccc(-c2nnc(SCC(=O)N3CCCc4ccccc43)n2N)cc1OC. The number of carbonyl (C=O) groups excluding carboxylic acids is 1. The number of carbonyl (C=O) groups is 1. The number of nitrogens with zero attached hydrogens (tertiary/aromatic N) is 4. The van der Waals surface area contributed by atoms with Gasteiger partial charge in [-0.2, -0.15) is 0 Å². The largest absolute Gasteiger partial charge is 0.493 e. The molecule has 0 saturated carbocycles. The van der Waals surface area contributed by atoms with Gasteiger partial charge in [0.25, 0.3) is 0 Å². The Labute approximate surface area is 179 Å². The fraction of sp³-hybridized carbons (Fsp3) is 0.286. The zero-order valence-electron chi connectivity index (χ0n) is 16.9. The first kappa shape index (κ1) is 20.1. The van der Waals surface area contributed by atoms with Gasteiger partial charge in [-0.25, -0.2) is 4.68 Å². The maximum absolute atomic E-state index is 12.9. The number of aromatic nitrogens is 3. The maximum atomic E-state index is 12.9. The van der Waals surface area contributed by atoms with Gasteiger partial charge in [0, 0.05) is 17.8 Å². The van der Waals surface area contributed by atoms with Crippen LogP contribution in [-0.2, 0) is 11.2 Å². The van der Waals surface area contributed by atoms with Crippen LogP contribution in [0.2, 0.25) is 0 Å². The van der Waals surface area contributed by atoms with Crippen molar-refractivity contribution in [1.82, 2.24) is 14.9 Å². The molecule has 0 unspecified atom stereocenters. The molecule has 1 aliphatic heterocycles. The minimum Gasteiger partial charge on any atom is -0.493 e. The third-order valence-corrected chi connectivity index (χ3v) is 5.97. The van der Waals surface area contributed by atoms with Crippen LogP contribution in [0.3, 0.4) is 0 Å². The summed E-state index contributed by atoms with van der Waals surface area (Å²) in [4.78, 5) is 14.7. The second-order valence-electron chi connectivity index (χ2n) is 6.81. The monoisotopic (exact) mass is 425 g/mol. The second kappa shape index (κ2) is 8.66. The zero-order valence-corrected chi connectivity index (χ0v) is 17.7. The molecule has 0 atom stereocenters. The third kappa shape index (κ3) is 3.80. The van der Waals surface area contributed by atoms with E-state index in [1.165, 1.54) is 22.0 Å². The summed E-state index contributed by atoms with van der Waals surface area (Å²) in [6.07, 6.45) is 1.96. The Bertz CT molecular complexity index is 1070. The number of thioether (sulfide) groups is 1. The van der Waals surface area contributed by atoms with E-state index in [2.05, 4.69) is 16.3 Å². The fourth-order valence-electron chi connectivity index (χ4n) is 3.54. The molecule has 156 valence electrons. The topological polar surface area (TPSA) is 95.5 Å². The number of hydrogen-bond acceptors (Lipinski definition) is 7.